The Morgan fingerprint density at radius 1 is 1.21 bits per heavy atom. The lowest BCUT2D eigenvalue weighted by Gasteiger charge is -2.29. The molecule has 4 rings (SSSR count). The van der Waals surface area contributed by atoms with E-state index in [0.29, 0.717) is 43.0 Å². The van der Waals surface area contributed by atoms with Crippen LogP contribution >= 0.6 is 23.2 Å². The summed E-state index contributed by atoms with van der Waals surface area (Å²) < 4.78 is 5.30. The van der Waals surface area contributed by atoms with Gasteiger partial charge in [0.15, 0.2) is 0 Å². The molecular weight excluding hydrogens is 421 g/mol. The SMILES string of the molecule is O=C1CC(C(=O)Nc2ccc(Cl)c(Cl)c2)c2c(nc(N3CCOCC3)[nH]c2=O)N1. The van der Waals surface area contributed by atoms with Crippen LogP contribution in [0.3, 0.4) is 0 Å². The highest BCUT2D eigenvalue weighted by Gasteiger charge is 2.35. The Labute approximate surface area is 175 Å². The van der Waals surface area contributed by atoms with E-state index < -0.39 is 23.3 Å². The van der Waals surface area contributed by atoms with Gasteiger partial charge in [0.1, 0.15) is 5.82 Å². The first-order valence-corrected chi connectivity index (χ1v) is 9.70. The number of ether oxygens (including phenoxy) is 1. The number of carbonyl (C=O) groups is 2. The molecule has 1 fully saturated rings. The molecule has 1 aromatic heterocycles. The maximum absolute atomic E-state index is 12.8. The summed E-state index contributed by atoms with van der Waals surface area (Å²) in [5, 5.41) is 5.90. The Kier molecular flexibility index (Phi) is 5.44. The Hall–Kier alpha value is -2.62. The number of hydrogen-bond donors (Lipinski definition) is 3. The van der Waals surface area contributed by atoms with Gasteiger partial charge < -0.3 is 20.3 Å². The van der Waals surface area contributed by atoms with Gasteiger partial charge in [-0.05, 0) is 18.2 Å². The van der Waals surface area contributed by atoms with Crippen LogP contribution in [0.25, 0.3) is 0 Å². The average molecular weight is 438 g/mol. The minimum absolute atomic E-state index is 0.0979. The van der Waals surface area contributed by atoms with Crippen LogP contribution in [-0.2, 0) is 14.3 Å². The van der Waals surface area contributed by atoms with Crippen LogP contribution in [-0.4, -0.2) is 48.1 Å². The molecule has 3 N–H and O–H groups in total. The molecule has 9 nitrogen and oxygen atoms in total. The monoisotopic (exact) mass is 437 g/mol. The third-order valence-electron chi connectivity index (χ3n) is 4.75. The first-order valence-electron chi connectivity index (χ1n) is 8.95. The summed E-state index contributed by atoms with van der Waals surface area (Å²) >= 11 is 11.9. The number of morpholine rings is 1. The molecule has 1 saturated heterocycles. The quantitative estimate of drug-likeness (QED) is 0.675. The van der Waals surface area contributed by atoms with Crippen molar-refractivity contribution in [3.8, 4) is 0 Å². The Morgan fingerprint density at radius 2 is 1.97 bits per heavy atom. The van der Waals surface area contributed by atoms with Crippen LogP contribution in [0.2, 0.25) is 10.0 Å². The van der Waals surface area contributed by atoms with Crippen molar-refractivity contribution in [1.29, 1.82) is 0 Å². The van der Waals surface area contributed by atoms with E-state index in [1.54, 1.807) is 12.1 Å². The van der Waals surface area contributed by atoms with Crippen molar-refractivity contribution in [2.75, 3.05) is 41.8 Å². The molecule has 2 amide bonds. The molecule has 1 aromatic carbocycles. The van der Waals surface area contributed by atoms with E-state index >= 15 is 0 Å². The van der Waals surface area contributed by atoms with E-state index in [9.17, 15) is 14.4 Å². The van der Waals surface area contributed by atoms with Gasteiger partial charge in [-0.2, -0.15) is 4.98 Å². The number of H-pyrrole nitrogens is 1. The minimum atomic E-state index is -0.983. The van der Waals surface area contributed by atoms with Crippen LogP contribution < -0.4 is 21.1 Å². The standard InChI is InChI=1S/C18H17Cl2N5O4/c19-11-2-1-9(7-12(11)20)21-16(27)10-8-13(26)22-15-14(10)17(28)24-18(23-15)25-3-5-29-6-4-25/h1-2,7,10H,3-6,8H2,(H,21,27)(H2,22,23,24,26,28). The highest BCUT2D eigenvalue weighted by Crippen LogP contribution is 2.31. The third kappa shape index (κ3) is 4.07. The zero-order valence-corrected chi connectivity index (χ0v) is 16.6. The highest BCUT2D eigenvalue weighted by molar-refractivity contribution is 6.42. The van der Waals surface area contributed by atoms with Crippen LogP contribution in [0.4, 0.5) is 17.5 Å². The second-order valence-electron chi connectivity index (χ2n) is 6.67. The van der Waals surface area contributed by atoms with Crippen LogP contribution in [0.15, 0.2) is 23.0 Å². The number of anilines is 3. The Balaban J connectivity index is 1.64. The van der Waals surface area contributed by atoms with Crippen molar-refractivity contribution in [3.05, 3.63) is 44.2 Å². The number of aromatic nitrogens is 2. The van der Waals surface area contributed by atoms with Gasteiger partial charge >= 0.3 is 0 Å². The molecule has 11 heteroatoms. The minimum Gasteiger partial charge on any atom is -0.378 e. The summed E-state index contributed by atoms with van der Waals surface area (Å²) in [6.45, 7) is 2.16. The van der Waals surface area contributed by atoms with Gasteiger partial charge in [-0.25, -0.2) is 0 Å². The number of hydrogen-bond acceptors (Lipinski definition) is 6. The van der Waals surface area contributed by atoms with Gasteiger partial charge in [0.05, 0.1) is 34.7 Å². The molecule has 0 radical (unpaired) electrons. The molecule has 1 atom stereocenters. The molecule has 2 aromatic rings. The number of benzene rings is 1. The first-order chi connectivity index (χ1) is 13.9. The van der Waals surface area contributed by atoms with Crippen molar-refractivity contribution in [3.63, 3.8) is 0 Å². The number of amides is 2. The number of fused-ring (bicyclic) bond motifs is 1. The first kappa shape index (κ1) is 19.7. The molecule has 0 spiro atoms. The van der Waals surface area contributed by atoms with E-state index in [-0.39, 0.29) is 22.8 Å². The molecule has 29 heavy (non-hydrogen) atoms. The molecule has 0 aliphatic carbocycles. The maximum atomic E-state index is 12.8. The van der Waals surface area contributed by atoms with Crippen molar-refractivity contribution in [2.24, 2.45) is 0 Å². The second kappa shape index (κ2) is 8.02. The Morgan fingerprint density at radius 3 is 2.69 bits per heavy atom. The van der Waals surface area contributed by atoms with Crippen molar-refractivity contribution >= 4 is 52.5 Å². The summed E-state index contributed by atoms with van der Waals surface area (Å²) in [4.78, 5) is 46.7. The van der Waals surface area contributed by atoms with E-state index in [0.717, 1.165) is 0 Å². The number of aromatic amines is 1. The van der Waals surface area contributed by atoms with E-state index in [2.05, 4.69) is 20.6 Å². The van der Waals surface area contributed by atoms with Gasteiger partial charge in [-0.15, -0.1) is 0 Å². The zero-order chi connectivity index (χ0) is 20.5. The maximum Gasteiger partial charge on any atom is 0.258 e. The van der Waals surface area contributed by atoms with Crippen LogP contribution in [0.5, 0.6) is 0 Å². The summed E-state index contributed by atoms with van der Waals surface area (Å²) in [6.07, 6.45) is -0.165. The molecule has 0 bridgehead atoms. The molecule has 2 aliphatic rings. The largest absolute Gasteiger partial charge is 0.378 e. The number of halogens is 2. The topological polar surface area (TPSA) is 116 Å². The smallest absolute Gasteiger partial charge is 0.258 e. The van der Waals surface area contributed by atoms with E-state index in [1.807, 2.05) is 4.90 Å². The van der Waals surface area contributed by atoms with Crippen molar-refractivity contribution in [2.45, 2.75) is 12.3 Å². The lowest BCUT2D eigenvalue weighted by molar-refractivity contribution is -0.123. The Bertz CT molecular complexity index is 1040. The fourth-order valence-corrected chi connectivity index (χ4v) is 3.61. The number of nitrogens with one attached hydrogen (secondary N) is 3. The van der Waals surface area contributed by atoms with Gasteiger partial charge in [0, 0.05) is 25.2 Å². The fourth-order valence-electron chi connectivity index (χ4n) is 3.31. The molecule has 2 aliphatic heterocycles. The number of rotatable bonds is 3. The van der Waals surface area contributed by atoms with Crippen molar-refractivity contribution in [1.82, 2.24) is 9.97 Å². The van der Waals surface area contributed by atoms with Crippen LogP contribution in [0.1, 0.15) is 17.9 Å². The predicted molar refractivity (Wildman–Crippen MR) is 109 cm³/mol. The van der Waals surface area contributed by atoms with Gasteiger partial charge in [-0.3, -0.25) is 19.4 Å². The molecule has 0 saturated carbocycles. The zero-order valence-electron chi connectivity index (χ0n) is 15.1. The van der Waals surface area contributed by atoms with Gasteiger partial charge in [0.25, 0.3) is 5.56 Å². The number of nitrogens with zero attached hydrogens (tertiary/aromatic N) is 2. The van der Waals surface area contributed by atoms with Crippen LogP contribution in [0, 0.1) is 0 Å². The lowest BCUT2D eigenvalue weighted by Crippen LogP contribution is -2.41. The molecule has 3 heterocycles. The lowest BCUT2D eigenvalue weighted by atomic mass is 9.92. The van der Waals surface area contributed by atoms with E-state index in [1.165, 1.54) is 6.07 Å². The summed E-state index contributed by atoms with van der Waals surface area (Å²) in [5.41, 5.74) is 0.0659. The van der Waals surface area contributed by atoms with E-state index in [4.69, 9.17) is 27.9 Å². The van der Waals surface area contributed by atoms with Gasteiger partial charge in [0.2, 0.25) is 17.8 Å². The average Bonchev–Trinajstić information content (AvgIpc) is 2.70. The normalized spacial score (nSPS) is 18.8. The second-order valence-corrected chi connectivity index (χ2v) is 7.49. The number of carbonyl (C=O) groups excluding carboxylic acids is 2. The summed E-state index contributed by atoms with van der Waals surface area (Å²) in [7, 11) is 0. The molecular formula is C18H17Cl2N5O4. The summed E-state index contributed by atoms with van der Waals surface area (Å²) in [5.74, 6) is -1.45. The highest BCUT2D eigenvalue weighted by atomic mass is 35.5. The van der Waals surface area contributed by atoms with Crippen molar-refractivity contribution < 1.29 is 14.3 Å². The summed E-state index contributed by atoms with van der Waals surface area (Å²) in [6, 6.07) is 4.62. The third-order valence-corrected chi connectivity index (χ3v) is 5.49. The molecule has 152 valence electrons. The molecule has 1 unspecified atom stereocenters. The fraction of sp³-hybridized carbons (Fsp3) is 0.333. The predicted octanol–water partition coefficient (Wildman–Crippen LogP) is 1.98. The van der Waals surface area contributed by atoms with Gasteiger partial charge in [-0.1, -0.05) is 23.2 Å².